The first-order valence-corrected chi connectivity index (χ1v) is 11.0. The first kappa shape index (κ1) is 18.0. The molecule has 134 valence electrons. The Kier molecular flexibility index (Phi) is 4.37. The van der Waals surface area contributed by atoms with Gasteiger partial charge in [0.1, 0.15) is 0 Å². The minimum atomic E-state index is -3.85. The number of alkyl halides is 1. The highest BCUT2D eigenvalue weighted by Gasteiger charge is 2.43. The highest BCUT2D eigenvalue weighted by Crippen LogP contribution is 2.57. The van der Waals surface area contributed by atoms with E-state index in [0.29, 0.717) is 5.02 Å². The van der Waals surface area contributed by atoms with Gasteiger partial charge in [-0.25, -0.2) is 12.8 Å². The van der Waals surface area contributed by atoms with E-state index in [2.05, 4.69) is 28.1 Å². The first-order valence-electron chi connectivity index (χ1n) is 8.14. The molecule has 2 aliphatic carbocycles. The van der Waals surface area contributed by atoms with Crippen LogP contribution in [0.25, 0.3) is 11.1 Å². The lowest BCUT2D eigenvalue weighted by atomic mass is 9.95. The number of rotatable bonds is 4. The summed E-state index contributed by atoms with van der Waals surface area (Å²) in [7, 11) is -3.85. The molecule has 0 atom stereocenters. The summed E-state index contributed by atoms with van der Waals surface area (Å²) >= 11 is 9.68. The van der Waals surface area contributed by atoms with Gasteiger partial charge >= 0.3 is 0 Å². The van der Waals surface area contributed by atoms with E-state index in [1.165, 1.54) is 12.1 Å². The number of hydrogen-bond donors (Lipinski definition) is 0. The lowest BCUT2D eigenvalue weighted by Crippen LogP contribution is -2.02. The van der Waals surface area contributed by atoms with Crippen LogP contribution in [0.2, 0.25) is 5.02 Å². The zero-order chi connectivity index (χ0) is 18.5. The number of halogens is 3. The molecule has 6 heteroatoms. The molecule has 0 radical (unpaired) electrons. The summed E-state index contributed by atoms with van der Waals surface area (Å²) in [6.07, 6.45) is 6.74. The van der Waals surface area contributed by atoms with Gasteiger partial charge in [0.05, 0.1) is 9.92 Å². The van der Waals surface area contributed by atoms with Crippen molar-refractivity contribution in [2.75, 3.05) is 6.01 Å². The van der Waals surface area contributed by atoms with Crippen LogP contribution in [-0.4, -0.2) is 14.4 Å². The quantitative estimate of drug-likeness (QED) is 0.563. The minimum absolute atomic E-state index is 0.000646. The molecule has 0 saturated heterocycles. The van der Waals surface area contributed by atoms with E-state index in [1.807, 2.05) is 18.2 Å². The van der Waals surface area contributed by atoms with Crippen LogP contribution in [-0.2, 0) is 9.84 Å². The molecule has 2 aromatic carbocycles. The Hall–Kier alpha value is -1.43. The largest absolute Gasteiger partial charge is 0.233 e. The average Bonchev–Trinajstić information content (AvgIpc) is 3.28. The standard InChI is InChI=1S/C20H15BrClFO2S/c21-18-6-3-14(9-19(18)22)17-11-20(7-8-20)10-16(17)13-1-4-15(5-2-13)26(24,25)12-23/h1-6,9-11H,7-8,12H2. The lowest BCUT2D eigenvalue weighted by molar-refractivity contribution is 0.534. The fraction of sp³-hybridized carbons (Fsp3) is 0.200. The Morgan fingerprint density at radius 1 is 1.00 bits per heavy atom. The third kappa shape index (κ3) is 3.17. The van der Waals surface area contributed by atoms with Crippen LogP contribution in [0.1, 0.15) is 24.0 Å². The molecule has 1 saturated carbocycles. The van der Waals surface area contributed by atoms with Crippen LogP contribution >= 0.6 is 27.5 Å². The molecule has 0 amide bonds. The highest BCUT2D eigenvalue weighted by molar-refractivity contribution is 9.10. The molecule has 2 aromatic rings. The third-order valence-corrected chi connectivity index (χ3v) is 7.39. The van der Waals surface area contributed by atoms with Crippen molar-refractivity contribution in [2.45, 2.75) is 17.7 Å². The zero-order valence-electron chi connectivity index (χ0n) is 13.7. The van der Waals surface area contributed by atoms with Crippen LogP contribution in [0.5, 0.6) is 0 Å². The summed E-state index contributed by atoms with van der Waals surface area (Å²) in [4.78, 5) is 0.000646. The van der Waals surface area contributed by atoms with Crippen molar-refractivity contribution in [1.82, 2.24) is 0 Å². The smallest absolute Gasteiger partial charge is 0.207 e. The van der Waals surface area contributed by atoms with E-state index in [9.17, 15) is 12.8 Å². The lowest BCUT2D eigenvalue weighted by Gasteiger charge is -2.11. The maximum absolute atomic E-state index is 12.7. The molecule has 0 aromatic heterocycles. The molecule has 0 bridgehead atoms. The van der Waals surface area contributed by atoms with Gasteiger partial charge < -0.3 is 0 Å². The fourth-order valence-electron chi connectivity index (χ4n) is 3.25. The first-order chi connectivity index (χ1) is 12.3. The number of hydrogen-bond acceptors (Lipinski definition) is 2. The second kappa shape index (κ2) is 6.32. The van der Waals surface area contributed by atoms with Crippen molar-refractivity contribution in [1.29, 1.82) is 0 Å². The van der Waals surface area contributed by atoms with Crippen molar-refractivity contribution in [3.05, 3.63) is 75.2 Å². The Morgan fingerprint density at radius 2 is 1.58 bits per heavy atom. The van der Waals surface area contributed by atoms with Gasteiger partial charge in [0.25, 0.3) is 0 Å². The van der Waals surface area contributed by atoms with Crippen LogP contribution in [0, 0.1) is 5.41 Å². The Balaban J connectivity index is 1.75. The van der Waals surface area contributed by atoms with Crippen LogP contribution < -0.4 is 0 Å². The molecule has 0 heterocycles. The van der Waals surface area contributed by atoms with E-state index in [0.717, 1.165) is 39.6 Å². The normalized spacial score (nSPS) is 18.0. The Bertz CT molecular complexity index is 1050. The summed E-state index contributed by atoms with van der Waals surface area (Å²) in [5.41, 5.74) is 4.20. The zero-order valence-corrected chi connectivity index (χ0v) is 16.8. The fourth-order valence-corrected chi connectivity index (χ4v) is 4.36. The van der Waals surface area contributed by atoms with Crippen molar-refractivity contribution in [3.8, 4) is 0 Å². The SMILES string of the molecule is O=S(=O)(CF)c1ccc(C2=CC3(C=C2c2ccc(Br)c(Cl)c2)CC3)cc1. The number of allylic oxidation sites excluding steroid dienone is 4. The molecule has 2 nitrogen and oxygen atoms in total. The van der Waals surface area contributed by atoms with E-state index in [-0.39, 0.29) is 10.3 Å². The van der Waals surface area contributed by atoms with Gasteiger partial charge in [0, 0.05) is 9.89 Å². The summed E-state index contributed by atoms with van der Waals surface area (Å²) in [6.45, 7) is 0. The number of benzene rings is 2. The Labute approximate surface area is 165 Å². The summed E-state index contributed by atoms with van der Waals surface area (Å²) < 4.78 is 36.9. The van der Waals surface area contributed by atoms with Crippen molar-refractivity contribution >= 4 is 48.5 Å². The molecule has 0 unspecified atom stereocenters. The molecule has 26 heavy (non-hydrogen) atoms. The molecular weight excluding hydrogens is 439 g/mol. The molecule has 1 spiro atoms. The van der Waals surface area contributed by atoms with Gasteiger partial charge in [-0.3, -0.25) is 0 Å². The summed E-state index contributed by atoms with van der Waals surface area (Å²) in [5, 5.41) is 0.642. The van der Waals surface area contributed by atoms with Gasteiger partial charge in [0.15, 0.2) is 6.01 Å². The van der Waals surface area contributed by atoms with Crippen LogP contribution in [0.4, 0.5) is 4.39 Å². The predicted molar refractivity (Wildman–Crippen MR) is 106 cm³/mol. The predicted octanol–water partition coefficient (Wildman–Crippen LogP) is 6.06. The molecular formula is C20H15BrClFO2S. The van der Waals surface area contributed by atoms with Gasteiger partial charge in [-0.05, 0) is 75.3 Å². The van der Waals surface area contributed by atoms with Gasteiger partial charge in [0.2, 0.25) is 9.84 Å². The van der Waals surface area contributed by atoms with Crippen molar-refractivity contribution < 1.29 is 12.8 Å². The Morgan fingerprint density at radius 3 is 2.12 bits per heavy atom. The van der Waals surface area contributed by atoms with Crippen molar-refractivity contribution in [2.24, 2.45) is 5.41 Å². The molecule has 0 N–H and O–H groups in total. The van der Waals surface area contributed by atoms with Gasteiger partial charge in [-0.2, -0.15) is 0 Å². The van der Waals surface area contributed by atoms with Crippen LogP contribution in [0.3, 0.4) is 0 Å². The monoisotopic (exact) mass is 452 g/mol. The topological polar surface area (TPSA) is 34.1 Å². The van der Waals surface area contributed by atoms with E-state index >= 15 is 0 Å². The second-order valence-corrected chi connectivity index (χ2v) is 9.91. The second-order valence-electron chi connectivity index (χ2n) is 6.73. The molecule has 4 rings (SSSR count). The molecule has 1 fully saturated rings. The maximum Gasteiger partial charge on any atom is 0.207 e. The average molecular weight is 454 g/mol. The van der Waals surface area contributed by atoms with E-state index in [4.69, 9.17) is 11.6 Å². The highest BCUT2D eigenvalue weighted by atomic mass is 79.9. The number of sulfone groups is 1. The van der Waals surface area contributed by atoms with Gasteiger partial charge in [-0.1, -0.05) is 42.0 Å². The van der Waals surface area contributed by atoms with E-state index in [1.54, 1.807) is 12.1 Å². The van der Waals surface area contributed by atoms with Crippen molar-refractivity contribution in [3.63, 3.8) is 0 Å². The minimum Gasteiger partial charge on any atom is -0.233 e. The molecule has 0 aliphatic heterocycles. The third-order valence-electron chi connectivity index (χ3n) is 4.88. The summed E-state index contributed by atoms with van der Waals surface area (Å²) in [6, 6.07) is 10.9. The van der Waals surface area contributed by atoms with E-state index < -0.39 is 15.8 Å². The maximum atomic E-state index is 12.7. The molecule has 2 aliphatic rings. The van der Waals surface area contributed by atoms with Crippen LogP contribution in [0.15, 0.2) is 64.0 Å². The van der Waals surface area contributed by atoms with Gasteiger partial charge in [-0.15, -0.1) is 0 Å². The summed E-state index contributed by atoms with van der Waals surface area (Å²) in [5.74, 6) is 0.